The number of hydrogen-bond acceptors (Lipinski definition) is 9. The molecule has 0 radical (unpaired) electrons. The second-order valence-corrected chi connectivity index (χ2v) is 10.7. The number of nitrogens with zero attached hydrogens (tertiary/aromatic N) is 3. The first-order chi connectivity index (χ1) is 15.4. The van der Waals surface area contributed by atoms with E-state index in [-0.39, 0.29) is 23.3 Å². The van der Waals surface area contributed by atoms with Gasteiger partial charge in [-0.25, -0.2) is 28.2 Å². The predicted octanol–water partition coefficient (Wildman–Crippen LogP) is 2.15. The van der Waals surface area contributed by atoms with Crippen molar-refractivity contribution < 1.29 is 18.3 Å². The number of rotatable bonds is 7. The quantitative estimate of drug-likeness (QED) is 0.405. The summed E-state index contributed by atoms with van der Waals surface area (Å²) in [5, 5.41) is 15.5. The van der Waals surface area contributed by atoms with Gasteiger partial charge in [-0.1, -0.05) is 0 Å². The molecule has 0 aliphatic heterocycles. The molecule has 32 heavy (non-hydrogen) atoms. The minimum absolute atomic E-state index is 0.0748. The van der Waals surface area contributed by atoms with E-state index in [1.165, 1.54) is 12.3 Å². The molecule has 1 aliphatic rings. The maximum atomic E-state index is 13.4. The molecule has 1 saturated carbocycles. The normalized spacial score (nSPS) is 15.0. The van der Waals surface area contributed by atoms with E-state index >= 15 is 0 Å². The van der Waals surface area contributed by atoms with Crippen molar-refractivity contribution in [1.29, 1.82) is 0 Å². The fourth-order valence-electron chi connectivity index (χ4n) is 3.55. The Morgan fingerprint density at radius 1 is 1.22 bits per heavy atom. The van der Waals surface area contributed by atoms with Crippen LogP contribution in [0, 0.1) is 0 Å². The number of anilines is 2. The monoisotopic (exact) mass is 474 g/mol. The van der Waals surface area contributed by atoms with E-state index in [2.05, 4.69) is 25.6 Å². The highest BCUT2D eigenvalue weighted by atomic mass is 32.2. The van der Waals surface area contributed by atoms with Crippen molar-refractivity contribution in [3.05, 3.63) is 47.6 Å². The predicted molar refractivity (Wildman–Crippen MR) is 121 cm³/mol. The van der Waals surface area contributed by atoms with Gasteiger partial charge in [0.05, 0.1) is 12.3 Å². The summed E-state index contributed by atoms with van der Waals surface area (Å²) in [6.45, 7) is -0.00328. The Kier molecular flexibility index (Phi) is 6.09. The van der Waals surface area contributed by atoms with Gasteiger partial charge in [0.15, 0.2) is 5.82 Å². The minimum Gasteiger partial charge on any atom is -0.395 e. The van der Waals surface area contributed by atoms with E-state index < -0.39 is 20.6 Å². The Labute approximate surface area is 188 Å². The largest absolute Gasteiger partial charge is 0.395 e. The van der Waals surface area contributed by atoms with E-state index in [4.69, 9.17) is 10.8 Å². The van der Waals surface area contributed by atoms with E-state index in [0.29, 0.717) is 35.6 Å². The van der Waals surface area contributed by atoms with E-state index in [0.717, 1.165) is 17.8 Å². The van der Waals surface area contributed by atoms with Crippen molar-refractivity contribution in [1.82, 2.24) is 20.3 Å². The maximum Gasteiger partial charge on any atom is 0.319 e. The molecule has 4 rings (SSSR count). The molecule has 0 spiro atoms. The SMILES string of the molecule is Nc1cc(C2(S(=O)(=O)c3nccs3)CCC2)nc(-c2ccc(NC(=O)NCCO)cc2)n1. The molecule has 1 aromatic carbocycles. The third kappa shape index (κ3) is 4.04. The van der Waals surface area contributed by atoms with Crippen molar-refractivity contribution in [3.63, 3.8) is 0 Å². The number of thiazole rings is 1. The molecular weight excluding hydrogens is 452 g/mol. The minimum atomic E-state index is -3.73. The Bertz CT molecular complexity index is 1210. The van der Waals surface area contributed by atoms with Crippen molar-refractivity contribution in [2.45, 2.75) is 28.3 Å². The Balaban J connectivity index is 1.64. The summed E-state index contributed by atoms with van der Waals surface area (Å²) in [5.74, 6) is 0.480. The fourth-order valence-corrected chi connectivity index (χ4v) is 6.80. The smallest absolute Gasteiger partial charge is 0.319 e. The lowest BCUT2D eigenvalue weighted by Crippen LogP contribution is -2.43. The van der Waals surface area contributed by atoms with Gasteiger partial charge in [0.2, 0.25) is 14.2 Å². The maximum absolute atomic E-state index is 13.4. The highest BCUT2D eigenvalue weighted by Gasteiger charge is 2.53. The molecule has 1 aliphatic carbocycles. The number of nitrogen functional groups attached to an aromatic ring is 1. The number of benzene rings is 1. The highest BCUT2D eigenvalue weighted by molar-refractivity contribution is 7.94. The van der Waals surface area contributed by atoms with E-state index in [1.54, 1.807) is 29.6 Å². The summed E-state index contributed by atoms with van der Waals surface area (Å²) in [6, 6.07) is 7.85. The van der Waals surface area contributed by atoms with E-state index in [1.807, 2.05) is 0 Å². The van der Waals surface area contributed by atoms with Gasteiger partial charge in [0, 0.05) is 35.4 Å². The van der Waals surface area contributed by atoms with Crippen LogP contribution in [0.5, 0.6) is 0 Å². The molecule has 168 valence electrons. The van der Waals surface area contributed by atoms with Crippen LogP contribution in [0.4, 0.5) is 16.3 Å². The average molecular weight is 475 g/mol. The van der Waals surface area contributed by atoms with Gasteiger partial charge in [-0.05, 0) is 43.5 Å². The van der Waals surface area contributed by atoms with Crippen LogP contribution in [0.1, 0.15) is 25.0 Å². The van der Waals surface area contributed by atoms with Crippen LogP contribution >= 0.6 is 11.3 Å². The fraction of sp³-hybridized carbons (Fsp3) is 0.300. The van der Waals surface area contributed by atoms with Crippen LogP contribution in [0.15, 0.2) is 46.2 Å². The molecule has 1 fully saturated rings. The van der Waals surface area contributed by atoms with Crippen LogP contribution in [-0.2, 0) is 14.6 Å². The summed E-state index contributed by atoms with van der Waals surface area (Å²) in [4.78, 5) is 24.6. The summed E-state index contributed by atoms with van der Waals surface area (Å²) < 4.78 is 25.6. The third-order valence-corrected chi connectivity index (χ3v) is 9.05. The second-order valence-electron chi connectivity index (χ2n) is 7.33. The van der Waals surface area contributed by atoms with Gasteiger partial charge < -0.3 is 21.5 Å². The van der Waals surface area contributed by atoms with Gasteiger partial charge in [-0.3, -0.25) is 0 Å². The van der Waals surface area contributed by atoms with Crippen LogP contribution in [0.2, 0.25) is 0 Å². The van der Waals surface area contributed by atoms with Gasteiger partial charge >= 0.3 is 6.03 Å². The summed E-state index contributed by atoms with van der Waals surface area (Å²) in [6.07, 6.45) is 3.12. The van der Waals surface area contributed by atoms with Crippen molar-refractivity contribution in [2.24, 2.45) is 0 Å². The number of aromatic nitrogens is 3. The molecule has 0 atom stereocenters. The van der Waals surface area contributed by atoms with Crippen LogP contribution in [-0.4, -0.2) is 47.7 Å². The second kappa shape index (κ2) is 8.81. The molecule has 2 aromatic heterocycles. The van der Waals surface area contributed by atoms with Gasteiger partial charge in [-0.2, -0.15) is 0 Å². The standard InChI is InChI=1S/C20H22N6O4S2/c21-16-12-15(20(6-1-7-20)32(29,30)19-23-9-11-31-19)25-17(26-16)13-2-4-14(5-3-13)24-18(28)22-8-10-27/h2-5,9,11-12,27H,1,6-8,10H2,(H2,21,25,26)(H2,22,24,28). The number of amides is 2. The Morgan fingerprint density at radius 2 is 1.97 bits per heavy atom. The lowest BCUT2D eigenvalue weighted by molar-refractivity contribution is 0.245. The number of nitrogens with one attached hydrogen (secondary N) is 2. The van der Waals surface area contributed by atoms with Crippen molar-refractivity contribution in [3.8, 4) is 11.4 Å². The Morgan fingerprint density at radius 3 is 2.56 bits per heavy atom. The zero-order chi connectivity index (χ0) is 22.8. The highest BCUT2D eigenvalue weighted by Crippen LogP contribution is 2.50. The number of carbonyl (C=O) groups is 1. The lowest BCUT2D eigenvalue weighted by atomic mass is 9.81. The first kappa shape index (κ1) is 22.1. The first-order valence-corrected chi connectivity index (χ1v) is 12.3. The number of aliphatic hydroxyl groups excluding tert-OH is 1. The van der Waals surface area contributed by atoms with Crippen LogP contribution in [0.3, 0.4) is 0 Å². The van der Waals surface area contributed by atoms with Gasteiger partial charge in [-0.15, -0.1) is 11.3 Å². The third-order valence-electron chi connectivity index (χ3n) is 5.33. The zero-order valence-electron chi connectivity index (χ0n) is 17.0. The number of aliphatic hydroxyl groups is 1. The number of nitrogens with two attached hydrogens (primary N) is 1. The average Bonchev–Trinajstić information content (AvgIpc) is 3.27. The summed E-state index contributed by atoms with van der Waals surface area (Å²) in [5.41, 5.74) is 7.56. The van der Waals surface area contributed by atoms with Crippen molar-refractivity contribution >= 4 is 38.7 Å². The first-order valence-electron chi connectivity index (χ1n) is 9.91. The molecule has 2 heterocycles. The molecule has 0 unspecified atom stereocenters. The van der Waals surface area contributed by atoms with Crippen molar-refractivity contribution in [2.75, 3.05) is 24.2 Å². The lowest BCUT2D eigenvalue weighted by Gasteiger charge is -2.39. The molecular formula is C20H22N6O4S2. The molecule has 2 amide bonds. The zero-order valence-corrected chi connectivity index (χ0v) is 18.6. The Hall–Kier alpha value is -3.09. The summed E-state index contributed by atoms with van der Waals surface area (Å²) >= 11 is 1.09. The molecule has 0 bridgehead atoms. The summed E-state index contributed by atoms with van der Waals surface area (Å²) in [7, 11) is -3.73. The number of urea groups is 1. The van der Waals surface area contributed by atoms with Crippen LogP contribution < -0.4 is 16.4 Å². The molecule has 12 heteroatoms. The van der Waals surface area contributed by atoms with E-state index in [9.17, 15) is 13.2 Å². The molecule has 0 saturated heterocycles. The topological polar surface area (TPSA) is 160 Å². The number of carbonyl (C=O) groups excluding carboxylic acids is 1. The number of sulfone groups is 1. The molecule has 5 N–H and O–H groups in total. The van der Waals surface area contributed by atoms with Gasteiger partial charge in [0.1, 0.15) is 10.6 Å². The number of hydrogen-bond donors (Lipinski definition) is 4. The van der Waals surface area contributed by atoms with Crippen LogP contribution in [0.25, 0.3) is 11.4 Å². The molecule has 10 nitrogen and oxygen atoms in total. The van der Waals surface area contributed by atoms with Gasteiger partial charge in [0.25, 0.3) is 0 Å². The molecule has 3 aromatic rings.